The second-order valence-corrected chi connectivity index (χ2v) is 6.57. The molecule has 136 valence electrons. The molecule has 0 bridgehead atoms. The zero-order valence-corrected chi connectivity index (χ0v) is 16.2. The molecule has 2 aromatic rings. The van der Waals surface area contributed by atoms with Crippen molar-refractivity contribution in [3.63, 3.8) is 0 Å². The number of rotatable bonds is 6. The minimum Gasteiger partial charge on any atom is -0.356 e. The lowest BCUT2D eigenvalue weighted by molar-refractivity contribution is 0.635. The number of hydrogen-bond acceptors (Lipinski definition) is 3. The predicted octanol–water partition coefficient (Wildman–Crippen LogP) is 2.08. The number of pyridine rings is 1. The van der Waals surface area contributed by atoms with E-state index in [2.05, 4.69) is 59.5 Å². The number of guanidine groups is 1. The fourth-order valence-electron chi connectivity index (χ4n) is 3.00. The molecule has 6 heteroatoms. The van der Waals surface area contributed by atoms with Crippen molar-refractivity contribution in [2.24, 2.45) is 12.0 Å². The molecule has 1 unspecified atom stereocenters. The van der Waals surface area contributed by atoms with Crippen LogP contribution < -0.4 is 10.6 Å². The Bertz CT molecular complexity index is 732. The summed E-state index contributed by atoms with van der Waals surface area (Å²) >= 11 is 0. The van der Waals surface area contributed by atoms with Crippen LogP contribution in [0.1, 0.15) is 35.0 Å². The number of nitrogens with one attached hydrogen (secondary N) is 2. The van der Waals surface area contributed by atoms with E-state index in [9.17, 15) is 0 Å². The van der Waals surface area contributed by atoms with E-state index in [0.717, 1.165) is 31.0 Å². The molecule has 0 radical (unpaired) electrons. The molecule has 1 atom stereocenters. The smallest absolute Gasteiger partial charge is 0.191 e. The van der Waals surface area contributed by atoms with Crippen molar-refractivity contribution in [3.8, 4) is 0 Å². The predicted molar refractivity (Wildman–Crippen MR) is 103 cm³/mol. The van der Waals surface area contributed by atoms with Gasteiger partial charge < -0.3 is 10.6 Å². The van der Waals surface area contributed by atoms with Crippen LogP contribution in [0.3, 0.4) is 0 Å². The van der Waals surface area contributed by atoms with E-state index >= 15 is 0 Å². The second kappa shape index (κ2) is 8.65. The van der Waals surface area contributed by atoms with E-state index < -0.39 is 0 Å². The fourth-order valence-corrected chi connectivity index (χ4v) is 3.00. The quantitative estimate of drug-likeness (QED) is 0.623. The Morgan fingerprint density at radius 3 is 2.68 bits per heavy atom. The molecule has 2 heterocycles. The van der Waals surface area contributed by atoms with Gasteiger partial charge in [0.15, 0.2) is 5.96 Å². The van der Waals surface area contributed by atoms with Crippen LogP contribution in [0.2, 0.25) is 0 Å². The number of hydrogen-bond donors (Lipinski definition) is 2. The molecule has 0 saturated carbocycles. The van der Waals surface area contributed by atoms with Crippen LogP contribution in [0.5, 0.6) is 0 Å². The van der Waals surface area contributed by atoms with Gasteiger partial charge in [-0.15, -0.1) is 0 Å². The molecule has 0 spiro atoms. The van der Waals surface area contributed by atoms with Gasteiger partial charge in [-0.25, -0.2) is 0 Å². The van der Waals surface area contributed by atoms with Crippen LogP contribution in [-0.2, 0) is 19.9 Å². The van der Waals surface area contributed by atoms with Crippen LogP contribution in [0.4, 0.5) is 0 Å². The second-order valence-electron chi connectivity index (χ2n) is 6.57. The van der Waals surface area contributed by atoms with Crippen molar-refractivity contribution in [1.82, 2.24) is 25.4 Å². The maximum absolute atomic E-state index is 4.49. The molecule has 0 aromatic carbocycles. The lowest BCUT2D eigenvalue weighted by Gasteiger charge is -2.18. The summed E-state index contributed by atoms with van der Waals surface area (Å²) in [4.78, 5) is 8.47. The van der Waals surface area contributed by atoms with Crippen molar-refractivity contribution in [3.05, 3.63) is 46.5 Å². The monoisotopic (exact) mass is 342 g/mol. The van der Waals surface area contributed by atoms with Crippen molar-refractivity contribution in [2.75, 3.05) is 13.6 Å². The molecule has 2 aromatic heterocycles. The maximum atomic E-state index is 4.49. The first-order valence-electron chi connectivity index (χ1n) is 8.78. The topological polar surface area (TPSA) is 67.1 Å². The number of aliphatic imine (C=N–C) groups is 1. The van der Waals surface area contributed by atoms with Gasteiger partial charge in [0.05, 0.1) is 5.69 Å². The molecule has 0 fully saturated rings. The third-order valence-electron chi connectivity index (χ3n) is 4.60. The van der Waals surface area contributed by atoms with Crippen LogP contribution in [-0.4, -0.2) is 40.4 Å². The zero-order valence-electron chi connectivity index (χ0n) is 16.2. The van der Waals surface area contributed by atoms with Gasteiger partial charge in [0, 0.05) is 44.8 Å². The van der Waals surface area contributed by atoms with Crippen molar-refractivity contribution in [1.29, 1.82) is 0 Å². The largest absolute Gasteiger partial charge is 0.356 e. The third-order valence-corrected chi connectivity index (χ3v) is 4.60. The molecule has 0 aliphatic heterocycles. The Hall–Kier alpha value is -2.37. The molecular weight excluding hydrogens is 312 g/mol. The van der Waals surface area contributed by atoms with Gasteiger partial charge in [-0.3, -0.25) is 14.7 Å². The van der Waals surface area contributed by atoms with Gasteiger partial charge in [0.2, 0.25) is 0 Å². The number of aryl methyl sites for hydroxylation is 3. The Labute approximate surface area is 150 Å². The van der Waals surface area contributed by atoms with Gasteiger partial charge >= 0.3 is 0 Å². The molecule has 0 aliphatic rings. The average Bonchev–Trinajstić information content (AvgIpc) is 2.82. The number of aromatic nitrogens is 3. The van der Waals surface area contributed by atoms with E-state index in [1.54, 1.807) is 7.05 Å². The normalized spacial score (nSPS) is 13.0. The highest BCUT2D eigenvalue weighted by atomic mass is 15.3. The summed E-state index contributed by atoms with van der Waals surface area (Å²) < 4.78 is 1.95. The van der Waals surface area contributed by atoms with Gasteiger partial charge in [-0.1, -0.05) is 0 Å². The van der Waals surface area contributed by atoms with E-state index in [0.29, 0.717) is 0 Å². The van der Waals surface area contributed by atoms with Crippen LogP contribution in [0.15, 0.2) is 23.5 Å². The van der Waals surface area contributed by atoms with Crippen LogP contribution in [0, 0.1) is 20.8 Å². The van der Waals surface area contributed by atoms with E-state index in [-0.39, 0.29) is 6.04 Å². The number of nitrogens with zero attached hydrogens (tertiary/aromatic N) is 4. The highest BCUT2D eigenvalue weighted by Crippen LogP contribution is 2.14. The molecule has 2 rings (SSSR count). The summed E-state index contributed by atoms with van der Waals surface area (Å²) in [6.45, 7) is 9.29. The Morgan fingerprint density at radius 1 is 1.32 bits per heavy atom. The molecule has 6 nitrogen and oxygen atoms in total. The van der Waals surface area contributed by atoms with E-state index in [1.807, 2.05) is 24.1 Å². The molecule has 25 heavy (non-hydrogen) atoms. The standard InChI is InChI=1S/C19H30N6/c1-13-12-21-9-7-17(13)8-10-22-19(20-5)23-14(2)11-18-15(3)24-25(6)16(18)4/h7,9,12,14H,8,10-11H2,1-6H3,(H2,20,22,23). The Kier molecular flexibility index (Phi) is 6.56. The highest BCUT2D eigenvalue weighted by Gasteiger charge is 2.13. The van der Waals surface area contributed by atoms with Gasteiger partial charge in [0.25, 0.3) is 0 Å². The first-order chi connectivity index (χ1) is 11.9. The minimum atomic E-state index is 0.274. The maximum Gasteiger partial charge on any atom is 0.191 e. The van der Waals surface area contributed by atoms with Crippen LogP contribution in [0.25, 0.3) is 0 Å². The van der Waals surface area contributed by atoms with Crippen molar-refractivity contribution < 1.29 is 0 Å². The summed E-state index contributed by atoms with van der Waals surface area (Å²) in [7, 11) is 3.80. The summed E-state index contributed by atoms with van der Waals surface area (Å²) in [5, 5.41) is 11.4. The lowest BCUT2D eigenvalue weighted by Crippen LogP contribution is -2.43. The average molecular weight is 342 g/mol. The zero-order chi connectivity index (χ0) is 18.4. The highest BCUT2D eigenvalue weighted by molar-refractivity contribution is 5.79. The van der Waals surface area contributed by atoms with E-state index in [1.165, 1.54) is 22.4 Å². The summed E-state index contributed by atoms with van der Waals surface area (Å²) in [6, 6.07) is 2.35. The summed E-state index contributed by atoms with van der Waals surface area (Å²) in [5.41, 5.74) is 6.17. The van der Waals surface area contributed by atoms with Crippen molar-refractivity contribution >= 4 is 5.96 Å². The summed E-state index contributed by atoms with van der Waals surface area (Å²) in [6.07, 6.45) is 5.62. The lowest BCUT2D eigenvalue weighted by atomic mass is 10.1. The molecular formula is C19H30N6. The molecule has 2 N–H and O–H groups in total. The van der Waals surface area contributed by atoms with Crippen LogP contribution >= 0.6 is 0 Å². The third kappa shape index (κ3) is 5.05. The van der Waals surface area contributed by atoms with E-state index in [4.69, 9.17) is 0 Å². The first-order valence-corrected chi connectivity index (χ1v) is 8.78. The van der Waals surface area contributed by atoms with Gasteiger partial charge in [-0.2, -0.15) is 5.10 Å². The molecule has 0 aliphatic carbocycles. The van der Waals surface area contributed by atoms with Crippen molar-refractivity contribution in [2.45, 2.75) is 46.6 Å². The molecule has 0 amide bonds. The minimum absolute atomic E-state index is 0.274. The Balaban J connectivity index is 1.86. The SMILES string of the molecule is CN=C(NCCc1ccncc1C)NC(C)Cc1c(C)nn(C)c1C. The Morgan fingerprint density at radius 2 is 2.08 bits per heavy atom. The molecule has 0 saturated heterocycles. The fraction of sp³-hybridized carbons (Fsp3) is 0.526. The van der Waals surface area contributed by atoms with Gasteiger partial charge in [-0.05, 0) is 63.3 Å². The summed E-state index contributed by atoms with van der Waals surface area (Å²) in [5.74, 6) is 0.832. The van der Waals surface area contributed by atoms with Gasteiger partial charge in [0.1, 0.15) is 0 Å². The first kappa shape index (κ1) is 19.0.